The second-order valence-corrected chi connectivity index (χ2v) is 3.73. The smallest absolute Gasteiger partial charge is 0.203 e. The van der Waals surface area contributed by atoms with Gasteiger partial charge in [-0.15, -0.1) is 0 Å². The number of ketones is 1. The highest BCUT2D eigenvalue weighted by Crippen LogP contribution is 2.18. The fourth-order valence-corrected chi connectivity index (χ4v) is 1.62. The highest BCUT2D eigenvalue weighted by Gasteiger charge is 2.11. The van der Waals surface area contributed by atoms with Gasteiger partial charge in [0.15, 0.2) is 6.61 Å². The number of para-hydroxylation sites is 2. The summed E-state index contributed by atoms with van der Waals surface area (Å²) in [5.74, 6) is 1.15. The summed E-state index contributed by atoms with van der Waals surface area (Å²) in [5.41, 5.74) is 0.538. The molecule has 92 valence electrons. The summed E-state index contributed by atoms with van der Waals surface area (Å²) in [6.07, 6.45) is 0. The molecule has 0 atom stereocenters. The zero-order valence-electron chi connectivity index (χ0n) is 10.1. The summed E-state index contributed by atoms with van der Waals surface area (Å²) < 4.78 is 10.6. The third kappa shape index (κ3) is 2.88. The molecule has 0 aliphatic heterocycles. The molecule has 0 radical (unpaired) electrons. The Morgan fingerprint density at radius 1 is 1.00 bits per heavy atom. The molecule has 2 aromatic carbocycles. The van der Waals surface area contributed by atoms with E-state index in [1.54, 1.807) is 25.3 Å². The minimum atomic E-state index is -0.101. The maximum Gasteiger partial charge on any atom is 0.203 e. The van der Waals surface area contributed by atoms with E-state index in [1.807, 2.05) is 36.4 Å². The van der Waals surface area contributed by atoms with Gasteiger partial charge in [0.2, 0.25) is 5.78 Å². The van der Waals surface area contributed by atoms with Gasteiger partial charge in [-0.05, 0) is 24.3 Å². The molecule has 0 N–H and O–H groups in total. The molecule has 0 aliphatic rings. The molecule has 0 spiro atoms. The van der Waals surface area contributed by atoms with Crippen molar-refractivity contribution >= 4 is 5.78 Å². The monoisotopic (exact) mass is 242 g/mol. The quantitative estimate of drug-likeness (QED) is 0.756. The highest BCUT2D eigenvalue weighted by molar-refractivity contribution is 5.99. The SMILES string of the molecule is COc1ccccc1C(=O)COc1ccccc1. The van der Waals surface area contributed by atoms with Gasteiger partial charge in [-0.3, -0.25) is 4.79 Å². The van der Waals surface area contributed by atoms with Gasteiger partial charge in [0, 0.05) is 0 Å². The molecular formula is C15H14O3. The van der Waals surface area contributed by atoms with Gasteiger partial charge in [0.05, 0.1) is 12.7 Å². The van der Waals surface area contributed by atoms with Crippen LogP contribution in [0.2, 0.25) is 0 Å². The van der Waals surface area contributed by atoms with E-state index in [1.165, 1.54) is 0 Å². The van der Waals surface area contributed by atoms with Gasteiger partial charge < -0.3 is 9.47 Å². The van der Waals surface area contributed by atoms with E-state index in [4.69, 9.17) is 9.47 Å². The largest absolute Gasteiger partial charge is 0.496 e. The number of carbonyl (C=O) groups is 1. The molecule has 0 saturated carbocycles. The molecular weight excluding hydrogens is 228 g/mol. The van der Waals surface area contributed by atoms with E-state index in [2.05, 4.69) is 0 Å². The minimum absolute atomic E-state index is 0.00435. The number of hydrogen-bond donors (Lipinski definition) is 0. The molecule has 3 heteroatoms. The molecule has 0 aromatic heterocycles. The van der Waals surface area contributed by atoms with Crippen LogP contribution in [0.5, 0.6) is 11.5 Å². The van der Waals surface area contributed by atoms with Crippen molar-refractivity contribution in [2.24, 2.45) is 0 Å². The second kappa shape index (κ2) is 5.87. The molecule has 0 bridgehead atoms. The number of carbonyl (C=O) groups excluding carboxylic acids is 1. The maximum absolute atomic E-state index is 12.0. The van der Waals surface area contributed by atoms with Gasteiger partial charge in [-0.2, -0.15) is 0 Å². The summed E-state index contributed by atoms with van der Waals surface area (Å²) in [7, 11) is 1.55. The Kier molecular flexibility index (Phi) is 3.97. The molecule has 0 aliphatic carbocycles. The van der Waals surface area contributed by atoms with Crippen molar-refractivity contribution in [3.8, 4) is 11.5 Å². The predicted molar refractivity (Wildman–Crippen MR) is 69.3 cm³/mol. The van der Waals surface area contributed by atoms with Crippen molar-refractivity contribution in [1.29, 1.82) is 0 Å². The Labute approximate surface area is 106 Å². The lowest BCUT2D eigenvalue weighted by atomic mass is 10.1. The van der Waals surface area contributed by atoms with Crippen LogP contribution in [0.25, 0.3) is 0 Å². The van der Waals surface area contributed by atoms with Crippen LogP contribution in [0.15, 0.2) is 54.6 Å². The van der Waals surface area contributed by atoms with E-state index < -0.39 is 0 Å². The van der Waals surface area contributed by atoms with Crippen LogP contribution in [0, 0.1) is 0 Å². The molecule has 0 unspecified atom stereocenters. The number of ether oxygens (including phenoxy) is 2. The van der Waals surface area contributed by atoms with E-state index in [0.717, 1.165) is 0 Å². The summed E-state index contributed by atoms with van der Waals surface area (Å²) in [6.45, 7) is 0.00435. The van der Waals surface area contributed by atoms with E-state index in [-0.39, 0.29) is 12.4 Å². The van der Waals surface area contributed by atoms with E-state index in [0.29, 0.717) is 17.1 Å². The Balaban J connectivity index is 2.04. The van der Waals surface area contributed by atoms with Crippen LogP contribution < -0.4 is 9.47 Å². The normalized spacial score (nSPS) is 9.83. The first kappa shape index (κ1) is 12.2. The zero-order valence-corrected chi connectivity index (χ0v) is 10.1. The molecule has 0 saturated heterocycles. The topological polar surface area (TPSA) is 35.5 Å². The van der Waals surface area contributed by atoms with Gasteiger partial charge in [-0.1, -0.05) is 30.3 Å². The second-order valence-electron chi connectivity index (χ2n) is 3.73. The van der Waals surface area contributed by atoms with Crippen LogP contribution in [-0.2, 0) is 0 Å². The Morgan fingerprint density at radius 2 is 1.67 bits per heavy atom. The van der Waals surface area contributed by atoms with Crippen molar-refractivity contribution < 1.29 is 14.3 Å². The van der Waals surface area contributed by atoms with Crippen molar-refractivity contribution in [2.45, 2.75) is 0 Å². The lowest BCUT2D eigenvalue weighted by molar-refractivity contribution is 0.0918. The maximum atomic E-state index is 12.0. The number of benzene rings is 2. The number of Topliss-reactive ketones (excluding diaryl/α,β-unsaturated/α-hetero) is 1. The third-order valence-corrected chi connectivity index (χ3v) is 2.52. The lowest BCUT2D eigenvalue weighted by Crippen LogP contribution is -2.12. The van der Waals surface area contributed by atoms with Gasteiger partial charge >= 0.3 is 0 Å². The molecule has 0 fully saturated rings. The van der Waals surface area contributed by atoms with Gasteiger partial charge in [0.25, 0.3) is 0 Å². The first-order valence-electron chi connectivity index (χ1n) is 5.65. The Bertz CT molecular complexity index is 520. The van der Waals surface area contributed by atoms with Crippen molar-refractivity contribution in [2.75, 3.05) is 13.7 Å². The number of hydrogen-bond acceptors (Lipinski definition) is 3. The summed E-state index contributed by atoms with van der Waals surface area (Å²) >= 11 is 0. The van der Waals surface area contributed by atoms with Crippen molar-refractivity contribution in [3.05, 3.63) is 60.2 Å². The van der Waals surface area contributed by atoms with E-state index in [9.17, 15) is 4.79 Å². The summed E-state index contributed by atoms with van der Waals surface area (Å²) in [4.78, 5) is 12.0. The van der Waals surface area contributed by atoms with E-state index >= 15 is 0 Å². The average molecular weight is 242 g/mol. The molecule has 2 aromatic rings. The zero-order chi connectivity index (χ0) is 12.8. The molecule has 0 amide bonds. The fraction of sp³-hybridized carbons (Fsp3) is 0.133. The minimum Gasteiger partial charge on any atom is -0.496 e. The van der Waals surface area contributed by atoms with Crippen LogP contribution in [0.4, 0.5) is 0 Å². The average Bonchev–Trinajstić information content (AvgIpc) is 2.45. The van der Waals surface area contributed by atoms with Crippen molar-refractivity contribution in [1.82, 2.24) is 0 Å². The summed E-state index contributed by atoms with van der Waals surface area (Å²) in [5, 5.41) is 0. The first-order chi connectivity index (χ1) is 8.81. The highest BCUT2D eigenvalue weighted by atomic mass is 16.5. The molecule has 2 rings (SSSR count). The lowest BCUT2D eigenvalue weighted by Gasteiger charge is -2.08. The van der Waals surface area contributed by atoms with Crippen LogP contribution in [-0.4, -0.2) is 19.5 Å². The summed E-state index contributed by atoms with van der Waals surface area (Å²) in [6, 6.07) is 16.4. The standard InChI is InChI=1S/C15H14O3/c1-17-15-10-6-5-9-13(15)14(16)11-18-12-7-3-2-4-8-12/h2-10H,11H2,1H3. The Hall–Kier alpha value is -2.29. The number of rotatable bonds is 5. The van der Waals surface area contributed by atoms with Gasteiger partial charge in [0.1, 0.15) is 11.5 Å². The first-order valence-corrected chi connectivity index (χ1v) is 5.65. The fourth-order valence-electron chi connectivity index (χ4n) is 1.62. The molecule has 3 nitrogen and oxygen atoms in total. The Morgan fingerprint density at radius 3 is 2.39 bits per heavy atom. The number of methoxy groups -OCH3 is 1. The van der Waals surface area contributed by atoms with Crippen LogP contribution in [0.3, 0.4) is 0 Å². The third-order valence-electron chi connectivity index (χ3n) is 2.52. The van der Waals surface area contributed by atoms with Gasteiger partial charge in [-0.25, -0.2) is 0 Å². The predicted octanol–water partition coefficient (Wildman–Crippen LogP) is 2.96. The van der Waals surface area contributed by atoms with Crippen LogP contribution in [0.1, 0.15) is 10.4 Å². The van der Waals surface area contributed by atoms with Crippen molar-refractivity contribution in [3.63, 3.8) is 0 Å². The molecule has 0 heterocycles. The van der Waals surface area contributed by atoms with Crippen LogP contribution >= 0.6 is 0 Å². The molecule has 18 heavy (non-hydrogen) atoms.